The van der Waals surface area contributed by atoms with Gasteiger partial charge in [-0.25, -0.2) is 13.4 Å². The zero-order valence-electron chi connectivity index (χ0n) is 10.5. The largest absolute Gasteiger partial charge is 0.491 e. The lowest BCUT2D eigenvalue weighted by molar-refractivity contribution is 0.111. The van der Waals surface area contributed by atoms with E-state index < -0.39 is 9.84 Å². The summed E-state index contributed by atoms with van der Waals surface area (Å²) in [5, 5.41) is 0. The van der Waals surface area contributed by atoms with Crippen LogP contribution in [-0.4, -0.2) is 37.8 Å². The zero-order valence-corrected chi connectivity index (χ0v) is 11.4. The Morgan fingerprint density at radius 1 is 1.39 bits per heavy atom. The fourth-order valence-electron chi connectivity index (χ4n) is 1.38. The fraction of sp³-hybridized carbons (Fsp3) is 0.500. The number of aromatic nitrogens is 1. The van der Waals surface area contributed by atoms with Gasteiger partial charge in [-0.2, -0.15) is 0 Å². The Bertz CT molecular complexity index is 511. The Kier molecular flexibility index (Phi) is 5.27. The summed E-state index contributed by atoms with van der Waals surface area (Å²) in [6, 6.07) is 3.41. The van der Waals surface area contributed by atoms with Gasteiger partial charge in [-0.05, 0) is 25.5 Å². The summed E-state index contributed by atoms with van der Waals surface area (Å²) in [5.41, 5.74) is 0.978. The van der Waals surface area contributed by atoms with Crippen LogP contribution in [-0.2, 0) is 9.84 Å². The number of pyridine rings is 1. The van der Waals surface area contributed by atoms with Crippen LogP contribution in [0.15, 0.2) is 12.1 Å². The van der Waals surface area contributed by atoms with Crippen molar-refractivity contribution in [3.05, 3.63) is 23.5 Å². The van der Waals surface area contributed by atoms with E-state index in [0.29, 0.717) is 18.5 Å². The molecule has 0 radical (unpaired) electrons. The number of carbonyl (C=O) groups is 1. The number of nitrogens with zero attached hydrogens (tertiary/aromatic N) is 1. The molecule has 100 valence electrons. The van der Waals surface area contributed by atoms with E-state index in [4.69, 9.17) is 4.74 Å². The van der Waals surface area contributed by atoms with Crippen LogP contribution in [0.5, 0.6) is 5.75 Å². The van der Waals surface area contributed by atoms with Crippen molar-refractivity contribution in [2.45, 2.75) is 20.3 Å². The number of hydrogen-bond donors (Lipinski definition) is 0. The molecule has 0 aromatic carbocycles. The van der Waals surface area contributed by atoms with Crippen molar-refractivity contribution in [3.8, 4) is 5.75 Å². The van der Waals surface area contributed by atoms with Gasteiger partial charge in [-0.15, -0.1) is 0 Å². The van der Waals surface area contributed by atoms with Gasteiger partial charge in [-0.1, -0.05) is 6.92 Å². The summed E-state index contributed by atoms with van der Waals surface area (Å²) in [6.45, 7) is 3.65. The third-order valence-electron chi connectivity index (χ3n) is 2.43. The van der Waals surface area contributed by atoms with Gasteiger partial charge in [0.25, 0.3) is 0 Å². The minimum Gasteiger partial charge on any atom is -0.491 e. The molecule has 1 aromatic heterocycles. The fourth-order valence-corrected chi connectivity index (χ4v) is 2.22. The first-order valence-electron chi connectivity index (χ1n) is 5.74. The average molecular weight is 271 g/mol. The van der Waals surface area contributed by atoms with Crippen molar-refractivity contribution in [2.75, 3.05) is 18.1 Å². The molecular formula is C12H17NO4S. The molecule has 0 fully saturated rings. The lowest BCUT2D eigenvalue weighted by atomic mass is 10.3. The van der Waals surface area contributed by atoms with Gasteiger partial charge in [0.1, 0.15) is 21.3 Å². The molecule has 0 unspecified atom stereocenters. The van der Waals surface area contributed by atoms with Crippen LogP contribution in [0, 0.1) is 6.92 Å². The molecule has 18 heavy (non-hydrogen) atoms. The lowest BCUT2D eigenvalue weighted by Crippen LogP contribution is -2.12. The van der Waals surface area contributed by atoms with Crippen molar-refractivity contribution in [3.63, 3.8) is 0 Å². The van der Waals surface area contributed by atoms with E-state index in [2.05, 4.69) is 4.98 Å². The van der Waals surface area contributed by atoms with E-state index in [-0.39, 0.29) is 23.8 Å². The number of carbonyl (C=O) groups excluding carboxylic acids is 1. The first-order chi connectivity index (χ1) is 8.48. The van der Waals surface area contributed by atoms with Gasteiger partial charge in [-0.3, -0.25) is 4.79 Å². The highest BCUT2D eigenvalue weighted by molar-refractivity contribution is 7.91. The van der Waals surface area contributed by atoms with E-state index in [9.17, 15) is 13.2 Å². The molecular weight excluding hydrogens is 254 g/mol. The van der Waals surface area contributed by atoms with Crippen LogP contribution in [0.4, 0.5) is 0 Å². The van der Waals surface area contributed by atoms with Gasteiger partial charge in [0.15, 0.2) is 6.29 Å². The Morgan fingerprint density at radius 2 is 2.11 bits per heavy atom. The van der Waals surface area contributed by atoms with Crippen LogP contribution < -0.4 is 4.74 Å². The lowest BCUT2D eigenvalue weighted by Gasteiger charge is -2.08. The van der Waals surface area contributed by atoms with Crippen molar-refractivity contribution in [1.82, 2.24) is 4.98 Å². The molecule has 0 aliphatic carbocycles. The first-order valence-corrected chi connectivity index (χ1v) is 7.56. The number of ether oxygens (including phenoxy) is 1. The molecule has 0 aliphatic heterocycles. The highest BCUT2D eigenvalue weighted by Crippen LogP contribution is 2.15. The molecule has 0 spiro atoms. The van der Waals surface area contributed by atoms with Gasteiger partial charge in [0.2, 0.25) is 0 Å². The van der Waals surface area contributed by atoms with E-state index in [1.165, 1.54) is 0 Å². The third-order valence-corrected chi connectivity index (χ3v) is 4.22. The average Bonchev–Trinajstić information content (AvgIpc) is 2.36. The molecule has 0 saturated heterocycles. The molecule has 0 N–H and O–H groups in total. The molecule has 0 bridgehead atoms. The van der Waals surface area contributed by atoms with Crippen molar-refractivity contribution in [2.24, 2.45) is 0 Å². The molecule has 1 heterocycles. The molecule has 6 heteroatoms. The van der Waals surface area contributed by atoms with Crippen LogP contribution in [0.1, 0.15) is 29.5 Å². The van der Waals surface area contributed by atoms with E-state index in [0.717, 1.165) is 5.69 Å². The quantitative estimate of drug-likeness (QED) is 0.553. The van der Waals surface area contributed by atoms with Gasteiger partial charge < -0.3 is 4.74 Å². The van der Waals surface area contributed by atoms with E-state index in [1.54, 1.807) is 26.0 Å². The van der Waals surface area contributed by atoms with Crippen molar-refractivity contribution < 1.29 is 17.9 Å². The maximum atomic E-state index is 11.3. The topological polar surface area (TPSA) is 73.3 Å². The molecule has 5 nitrogen and oxygen atoms in total. The number of aldehydes is 1. The molecule has 1 aromatic rings. The first kappa shape index (κ1) is 14.6. The molecule has 1 rings (SSSR count). The number of aryl methyl sites for hydroxylation is 1. The Morgan fingerprint density at radius 3 is 2.72 bits per heavy atom. The molecule has 0 saturated carbocycles. The second-order valence-electron chi connectivity index (χ2n) is 3.89. The standard InChI is InChI=1S/C12H17NO4S/c1-3-18(15,16)8-4-7-17-12-6-5-10(2)13-11(12)9-14/h5-6,9H,3-4,7-8H2,1-2H3. The SMILES string of the molecule is CCS(=O)(=O)CCCOc1ccc(C)nc1C=O. The van der Waals surface area contributed by atoms with E-state index in [1.807, 2.05) is 0 Å². The van der Waals surface area contributed by atoms with Gasteiger partial charge >= 0.3 is 0 Å². The number of sulfone groups is 1. The van der Waals surface area contributed by atoms with Gasteiger partial charge in [0.05, 0.1) is 12.4 Å². The summed E-state index contributed by atoms with van der Waals surface area (Å²) in [5.74, 6) is 0.627. The molecule has 0 amide bonds. The summed E-state index contributed by atoms with van der Waals surface area (Å²) < 4.78 is 27.9. The Hall–Kier alpha value is -1.43. The van der Waals surface area contributed by atoms with Crippen LogP contribution in [0.25, 0.3) is 0 Å². The second-order valence-corrected chi connectivity index (χ2v) is 6.36. The Balaban J connectivity index is 2.52. The maximum Gasteiger partial charge on any atom is 0.172 e. The van der Waals surface area contributed by atoms with Crippen LogP contribution in [0.2, 0.25) is 0 Å². The monoisotopic (exact) mass is 271 g/mol. The van der Waals surface area contributed by atoms with Gasteiger partial charge in [0, 0.05) is 11.4 Å². The highest BCUT2D eigenvalue weighted by Gasteiger charge is 2.08. The van der Waals surface area contributed by atoms with Crippen LogP contribution >= 0.6 is 0 Å². The highest BCUT2D eigenvalue weighted by atomic mass is 32.2. The summed E-state index contributed by atoms with van der Waals surface area (Å²) in [7, 11) is -2.96. The number of rotatable bonds is 7. The minimum atomic E-state index is -2.96. The smallest absolute Gasteiger partial charge is 0.172 e. The Labute approximate surface area is 107 Å². The second kappa shape index (κ2) is 6.49. The van der Waals surface area contributed by atoms with Crippen LogP contribution in [0.3, 0.4) is 0 Å². The summed E-state index contributed by atoms with van der Waals surface area (Å²) in [6.07, 6.45) is 1.04. The zero-order chi connectivity index (χ0) is 13.6. The third kappa shape index (κ3) is 4.44. The van der Waals surface area contributed by atoms with Crippen molar-refractivity contribution >= 4 is 16.1 Å². The van der Waals surface area contributed by atoms with Crippen molar-refractivity contribution in [1.29, 1.82) is 0 Å². The maximum absolute atomic E-state index is 11.3. The molecule has 0 atom stereocenters. The predicted molar refractivity (Wildman–Crippen MR) is 68.8 cm³/mol. The predicted octanol–water partition coefficient (Wildman–Crippen LogP) is 1.41. The van der Waals surface area contributed by atoms with E-state index >= 15 is 0 Å². The number of hydrogen-bond acceptors (Lipinski definition) is 5. The summed E-state index contributed by atoms with van der Waals surface area (Å²) >= 11 is 0. The molecule has 0 aliphatic rings. The minimum absolute atomic E-state index is 0.0964. The normalized spacial score (nSPS) is 11.2. The summed E-state index contributed by atoms with van der Waals surface area (Å²) in [4.78, 5) is 14.8.